The molecule has 16 heavy (non-hydrogen) atoms. The number of alkyl halides is 2. The molecule has 0 aliphatic rings. The van der Waals surface area contributed by atoms with Crippen LogP contribution in [0.25, 0.3) is 0 Å². The van der Waals surface area contributed by atoms with E-state index < -0.39 is 24.7 Å². The molecular weight excluding hydrogens is 243 g/mol. The van der Waals surface area contributed by atoms with E-state index in [-0.39, 0.29) is 18.0 Å². The molecule has 0 spiro atoms. The van der Waals surface area contributed by atoms with E-state index in [4.69, 9.17) is 10.5 Å². The zero-order valence-corrected chi connectivity index (χ0v) is 9.44. The Bertz CT molecular complexity index is 336. The van der Waals surface area contributed by atoms with Gasteiger partial charge in [0, 0.05) is 18.0 Å². The van der Waals surface area contributed by atoms with E-state index in [0.29, 0.717) is 5.75 Å². The maximum Gasteiger partial charge on any atom is 0.240 e. The number of hydrogen-bond acceptors (Lipinski definition) is 2. The summed E-state index contributed by atoms with van der Waals surface area (Å²) in [6.07, 6.45) is -3.03. The first-order valence-corrected chi connectivity index (χ1v) is 4.41. The number of hydrogen-bond donors (Lipinski definition) is 1. The van der Waals surface area contributed by atoms with Gasteiger partial charge in [0.05, 0.1) is 7.11 Å². The van der Waals surface area contributed by atoms with Gasteiger partial charge < -0.3 is 10.5 Å². The van der Waals surface area contributed by atoms with Gasteiger partial charge in [0.2, 0.25) is 6.43 Å². The van der Waals surface area contributed by atoms with E-state index in [9.17, 15) is 13.2 Å². The van der Waals surface area contributed by atoms with Gasteiger partial charge in [0.25, 0.3) is 0 Å². The summed E-state index contributed by atoms with van der Waals surface area (Å²) in [5, 5.41) is 0. The molecule has 0 aromatic heterocycles. The second-order valence-electron chi connectivity index (χ2n) is 3.12. The summed E-state index contributed by atoms with van der Waals surface area (Å²) in [5.74, 6) is -0.194. The molecule has 1 rings (SSSR count). The van der Waals surface area contributed by atoms with Gasteiger partial charge in [0.15, 0.2) is 0 Å². The van der Waals surface area contributed by atoms with Crippen LogP contribution in [-0.2, 0) is 0 Å². The van der Waals surface area contributed by atoms with Crippen molar-refractivity contribution in [2.45, 2.75) is 18.9 Å². The highest BCUT2D eigenvalue weighted by atomic mass is 35.5. The Kier molecular flexibility index (Phi) is 6.21. The number of ether oxygens (including phenoxy) is 1. The van der Waals surface area contributed by atoms with Gasteiger partial charge in [-0.2, -0.15) is 0 Å². The quantitative estimate of drug-likeness (QED) is 0.898. The molecule has 6 heteroatoms. The largest absolute Gasteiger partial charge is 0.496 e. The molecule has 0 radical (unpaired) electrons. The molecule has 0 saturated carbocycles. The average molecular weight is 256 g/mol. The summed E-state index contributed by atoms with van der Waals surface area (Å²) in [4.78, 5) is 0. The number of halogens is 4. The fraction of sp³-hybridized carbons (Fsp3) is 0.400. The molecule has 0 unspecified atom stereocenters. The van der Waals surface area contributed by atoms with E-state index in [2.05, 4.69) is 0 Å². The Morgan fingerprint density at radius 2 is 2.00 bits per heavy atom. The summed E-state index contributed by atoms with van der Waals surface area (Å²) < 4.78 is 42.0. The zero-order chi connectivity index (χ0) is 11.4. The van der Waals surface area contributed by atoms with E-state index in [0.717, 1.165) is 6.07 Å². The molecular formula is C10H13ClF3NO. The van der Waals surface area contributed by atoms with Crippen molar-refractivity contribution in [1.29, 1.82) is 0 Å². The van der Waals surface area contributed by atoms with E-state index >= 15 is 0 Å². The smallest absolute Gasteiger partial charge is 0.240 e. The van der Waals surface area contributed by atoms with Crippen LogP contribution >= 0.6 is 12.4 Å². The predicted molar refractivity (Wildman–Crippen MR) is 57.7 cm³/mol. The van der Waals surface area contributed by atoms with Gasteiger partial charge in [-0.3, -0.25) is 0 Å². The molecule has 92 valence electrons. The van der Waals surface area contributed by atoms with Gasteiger partial charge in [-0.05, 0) is 18.2 Å². The third-order valence-corrected chi connectivity index (χ3v) is 2.02. The Balaban J connectivity index is 0.00000225. The van der Waals surface area contributed by atoms with Crippen LogP contribution in [0.1, 0.15) is 18.0 Å². The van der Waals surface area contributed by atoms with Gasteiger partial charge in [0.1, 0.15) is 11.6 Å². The van der Waals surface area contributed by atoms with Crippen LogP contribution in [0.2, 0.25) is 0 Å². The minimum atomic E-state index is -2.52. The molecule has 0 bridgehead atoms. The Morgan fingerprint density at radius 3 is 2.50 bits per heavy atom. The lowest BCUT2D eigenvalue weighted by molar-refractivity contribution is 0.128. The third kappa shape index (κ3) is 3.90. The number of rotatable bonds is 4. The van der Waals surface area contributed by atoms with Gasteiger partial charge in [-0.1, -0.05) is 0 Å². The van der Waals surface area contributed by atoms with Crippen molar-refractivity contribution < 1.29 is 17.9 Å². The van der Waals surface area contributed by atoms with Crippen LogP contribution in [-0.4, -0.2) is 13.5 Å². The van der Waals surface area contributed by atoms with Gasteiger partial charge in [-0.15, -0.1) is 12.4 Å². The Labute approximate surface area is 98.0 Å². The van der Waals surface area contributed by atoms with Crippen molar-refractivity contribution >= 4 is 12.4 Å². The summed E-state index contributed by atoms with van der Waals surface area (Å²) in [6, 6.07) is 2.76. The Morgan fingerprint density at radius 1 is 1.38 bits per heavy atom. The highest BCUT2D eigenvalue weighted by Gasteiger charge is 2.17. The standard InChI is InChI=1S/C10H12F3NO.ClH/c1-15-9-3-2-6(11)4-7(9)8(14)5-10(12)13;/h2-4,8,10H,5,14H2,1H3;1H/t8-;/m0./s1. The van der Waals surface area contributed by atoms with Crippen molar-refractivity contribution in [2.24, 2.45) is 5.73 Å². The normalized spacial score (nSPS) is 12.1. The molecule has 0 aliphatic heterocycles. The summed E-state index contributed by atoms with van der Waals surface area (Å²) in [5.41, 5.74) is 5.78. The molecule has 2 nitrogen and oxygen atoms in total. The van der Waals surface area contributed by atoms with Crippen molar-refractivity contribution in [1.82, 2.24) is 0 Å². The van der Waals surface area contributed by atoms with E-state index in [1.807, 2.05) is 0 Å². The van der Waals surface area contributed by atoms with E-state index in [1.165, 1.54) is 19.2 Å². The molecule has 0 aliphatic carbocycles. The summed E-state index contributed by atoms with van der Waals surface area (Å²) in [7, 11) is 1.38. The SMILES string of the molecule is COc1ccc(F)cc1[C@@H](N)CC(F)F.Cl. The van der Waals surface area contributed by atoms with Crippen molar-refractivity contribution in [3.63, 3.8) is 0 Å². The lowest BCUT2D eigenvalue weighted by Crippen LogP contribution is -2.15. The van der Waals surface area contributed by atoms with Crippen LogP contribution in [0.15, 0.2) is 18.2 Å². The molecule has 0 heterocycles. The first kappa shape index (κ1) is 15.1. The number of methoxy groups -OCH3 is 1. The number of benzene rings is 1. The van der Waals surface area contributed by atoms with Crippen LogP contribution in [0.4, 0.5) is 13.2 Å². The minimum Gasteiger partial charge on any atom is -0.496 e. The zero-order valence-electron chi connectivity index (χ0n) is 8.62. The fourth-order valence-corrected chi connectivity index (χ4v) is 1.31. The van der Waals surface area contributed by atoms with Crippen molar-refractivity contribution in [2.75, 3.05) is 7.11 Å². The number of nitrogens with two attached hydrogens (primary N) is 1. The fourth-order valence-electron chi connectivity index (χ4n) is 1.31. The van der Waals surface area contributed by atoms with Crippen molar-refractivity contribution in [3.8, 4) is 5.75 Å². The van der Waals surface area contributed by atoms with Crippen LogP contribution < -0.4 is 10.5 Å². The molecule has 1 aromatic carbocycles. The second-order valence-corrected chi connectivity index (χ2v) is 3.12. The molecule has 0 fully saturated rings. The lowest BCUT2D eigenvalue weighted by atomic mass is 10.0. The van der Waals surface area contributed by atoms with Crippen LogP contribution in [0, 0.1) is 5.82 Å². The van der Waals surface area contributed by atoms with Gasteiger partial charge in [-0.25, -0.2) is 13.2 Å². The highest BCUT2D eigenvalue weighted by Crippen LogP contribution is 2.27. The second kappa shape index (κ2) is 6.60. The predicted octanol–water partition coefficient (Wildman–Crippen LogP) is 2.91. The Hall–Kier alpha value is -0.940. The first-order chi connectivity index (χ1) is 7.04. The first-order valence-electron chi connectivity index (χ1n) is 4.41. The maximum absolute atomic E-state index is 12.9. The minimum absolute atomic E-state index is 0. The molecule has 1 aromatic rings. The molecule has 1 atom stereocenters. The van der Waals surface area contributed by atoms with E-state index in [1.54, 1.807) is 0 Å². The monoisotopic (exact) mass is 255 g/mol. The molecule has 0 amide bonds. The lowest BCUT2D eigenvalue weighted by Gasteiger charge is -2.15. The van der Waals surface area contributed by atoms with Crippen LogP contribution in [0.3, 0.4) is 0 Å². The summed E-state index contributed by atoms with van der Waals surface area (Å²) in [6.45, 7) is 0. The van der Waals surface area contributed by atoms with Crippen molar-refractivity contribution in [3.05, 3.63) is 29.6 Å². The molecule has 2 N–H and O–H groups in total. The van der Waals surface area contributed by atoms with Crippen LogP contribution in [0.5, 0.6) is 5.75 Å². The topological polar surface area (TPSA) is 35.2 Å². The highest BCUT2D eigenvalue weighted by molar-refractivity contribution is 5.85. The summed E-state index contributed by atoms with van der Waals surface area (Å²) >= 11 is 0. The molecule has 0 saturated heterocycles. The third-order valence-electron chi connectivity index (χ3n) is 2.02. The maximum atomic E-state index is 12.9. The average Bonchev–Trinajstić information content (AvgIpc) is 2.16. The van der Waals surface area contributed by atoms with Gasteiger partial charge >= 0.3 is 0 Å².